The average Bonchev–Trinajstić information content (AvgIpc) is 3.12. The largest absolute Gasteiger partial charge is 0.492 e. The lowest BCUT2D eigenvalue weighted by Crippen LogP contribution is -2.39. The van der Waals surface area contributed by atoms with Crippen LogP contribution >= 0.6 is 0 Å². The maximum Gasteiger partial charge on any atom is 0.191 e. The number of rotatable bonds is 8. The van der Waals surface area contributed by atoms with Crippen LogP contribution in [-0.2, 0) is 0 Å². The molecule has 0 saturated carbocycles. The van der Waals surface area contributed by atoms with Gasteiger partial charge in [0.25, 0.3) is 0 Å². The third-order valence-corrected chi connectivity index (χ3v) is 3.32. The fourth-order valence-corrected chi connectivity index (χ4v) is 2.06. The molecule has 0 bridgehead atoms. The molecule has 0 fully saturated rings. The van der Waals surface area contributed by atoms with Gasteiger partial charge in [0.15, 0.2) is 5.96 Å². The summed E-state index contributed by atoms with van der Waals surface area (Å²) in [6.45, 7) is 6.12. The summed E-state index contributed by atoms with van der Waals surface area (Å²) in [6, 6.07) is 11.4. The molecular formula is C18H25N3O3. The van der Waals surface area contributed by atoms with E-state index in [-0.39, 0.29) is 6.54 Å². The molecule has 6 heteroatoms. The molecule has 1 atom stereocenters. The first-order valence-electron chi connectivity index (χ1n) is 8.12. The molecule has 0 amide bonds. The SMILES string of the molecule is CCNC(=NCC(O)c1ccco1)NCCOc1ccc(C)cc1. The van der Waals surface area contributed by atoms with Gasteiger partial charge >= 0.3 is 0 Å². The van der Waals surface area contributed by atoms with Gasteiger partial charge in [-0.25, -0.2) is 0 Å². The van der Waals surface area contributed by atoms with Crippen LogP contribution in [0.5, 0.6) is 5.75 Å². The van der Waals surface area contributed by atoms with Crippen molar-refractivity contribution in [3.63, 3.8) is 0 Å². The molecule has 24 heavy (non-hydrogen) atoms. The minimum Gasteiger partial charge on any atom is -0.492 e. The molecule has 0 spiro atoms. The molecule has 1 unspecified atom stereocenters. The predicted molar refractivity (Wildman–Crippen MR) is 94.3 cm³/mol. The Morgan fingerprint density at radius 2 is 2.04 bits per heavy atom. The van der Waals surface area contributed by atoms with Crippen LogP contribution in [0.2, 0.25) is 0 Å². The Morgan fingerprint density at radius 1 is 1.25 bits per heavy atom. The van der Waals surface area contributed by atoms with Gasteiger partial charge in [0.2, 0.25) is 0 Å². The Bertz CT molecular complexity index is 609. The quantitative estimate of drug-likeness (QED) is 0.393. The Balaban J connectivity index is 1.75. The second-order valence-electron chi connectivity index (χ2n) is 5.34. The maximum atomic E-state index is 9.99. The molecule has 2 aromatic rings. The molecule has 0 aliphatic carbocycles. The molecule has 1 aromatic heterocycles. The van der Waals surface area contributed by atoms with Gasteiger partial charge in [0.05, 0.1) is 19.4 Å². The molecule has 0 aliphatic rings. The predicted octanol–water partition coefficient (Wildman–Crippen LogP) is 2.26. The zero-order chi connectivity index (χ0) is 17.2. The average molecular weight is 331 g/mol. The van der Waals surface area contributed by atoms with Crippen molar-refractivity contribution in [1.82, 2.24) is 10.6 Å². The highest BCUT2D eigenvalue weighted by Gasteiger charge is 2.09. The highest BCUT2D eigenvalue weighted by molar-refractivity contribution is 5.79. The molecule has 2 rings (SSSR count). The van der Waals surface area contributed by atoms with Crippen LogP contribution in [-0.4, -0.2) is 37.3 Å². The van der Waals surface area contributed by atoms with Gasteiger partial charge in [-0.3, -0.25) is 4.99 Å². The summed E-state index contributed by atoms with van der Waals surface area (Å²) in [7, 11) is 0. The lowest BCUT2D eigenvalue weighted by molar-refractivity contribution is 0.158. The molecule has 1 heterocycles. The smallest absolute Gasteiger partial charge is 0.191 e. The Morgan fingerprint density at radius 3 is 2.71 bits per heavy atom. The Hall–Kier alpha value is -2.47. The number of hydrogen-bond donors (Lipinski definition) is 3. The van der Waals surface area contributed by atoms with Gasteiger partial charge in [-0.2, -0.15) is 0 Å². The number of aryl methyl sites for hydroxylation is 1. The van der Waals surface area contributed by atoms with Crippen molar-refractivity contribution in [2.75, 3.05) is 26.2 Å². The number of furan rings is 1. The first-order chi connectivity index (χ1) is 11.7. The third kappa shape index (κ3) is 5.96. The number of ether oxygens (including phenoxy) is 1. The van der Waals surface area contributed by atoms with Gasteiger partial charge in [-0.15, -0.1) is 0 Å². The van der Waals surface area contributed by atoms with Gasteiger partial charge in [0.1, 0.15) is 24.2 Å². The van der Waals surface area contributed by atoms with E-state index in [1.807, 2.05) is 38.1 Å². The zero-order valence-electron chi connectivity index (χ0n) is 14.2. The van der Waals surface area contributed by atoms with Gasteiger partial charge in [0, 0.05) is 6.54 Å². The van der Waals surface area contributed by atoms with Crippen LogP contribution in [0.1, 0.15) is 24.4 Å². The Labute approximate surface area is 142 Å². The molecule has 0 radical (unpaired) electrons. The van der Waals surface area contributed by atoms with Crippen molar-refractivity contribution in [3.05, 3.63) is 54.0 Å². The van der Waals surface area contributed by atoms with Crippen LogP contribution in [0.4, 0.5) is 0 Å². The number of guanidine groups is 1. The zero-order valence-corrected chi connectivity index (χ0v) is 14.2. The minimum atomic E-state index is -0.751. The van der Waals surface area contributed by atoms with Crippen molar-refractivity contribution < 1.29 is 14.3 Å². The minimum absolute atomic E-state index is 0.224. The first kappa shape index (κ1) is 17.9. The van der Waals surface area contributed by atoms with Crippen LogP contribution in [0.15, 0.2) is 52.1 Å². The second kappa shape index (κ2) is 9.62. The number of nitrogens with one attached hydrogen (secondary N) is 2. The normalized spacial score (nSPS) is 12.7. The highest BCUT2D eigenvalue weighted by Crippen LogP contribution is 2.13. The summed E-state index contributed by atoms with van der Waals surface area (Å²) in [6.07, 6.45) is 0.785. The lowest BCUT2D eigenvalue weighted by Gasteiger charge is -2.13. The summed E-state index contributed by atoms with van der Waals surface area (Å²) < 4.78 is 10.8. The van der Waals surface area contributed by atoms with E-state index in [0.717, 1.165) is 12.3 Å². The van der Waals surface area contributed by atoms with E-state index < -0.39 is 6.10 Å². The van der Waals surface area contributed by atoms with E-state index in [0.29, 0.717) is 24.9 Å². The van der Waals surface area contributed by atoms with Crippen molar-refractivity contribution in [3.8, 4) is 5.75 Å². The summed E-state index contributed by atoms with van der Waals surface area (Å²) in [4.78, 5) is 4.35. The number of aliphatic hydroxyl groups is 1. The molecular weight excluding hydrogens is 306 g/mol. The van der Waals surface area contributed by atoms with Crippen LogP contribution < -0.4 is 15.4 Å². The fourth-order valence-electron chi connectivity index (χ4n) is 2.06. The van der Waals surface area contributed by atoms with Crippen molar-refractivity contribution in [1.29, 1.82) is 0 Å². The van der Waals surface area contributed by atoms with E-state index in [2.05, 4.69) is 15.6 Å². The summed E-state index contributed by atoms with van der Waals surface area (Å²) >= 11 is 0. The summed E-state index contributed by atoms with van der Waals surface area (Å²) in [5.41, 5.74) is 1.21. The number of aliphatic imine (C=N–C) groups is 1. The molecule has 0 aliphatic heterocycles. The molecule has 130 valence electrons. The standard InChI is InChI=1S/C18H25N3O3/c1-3-19-18(21-13-16(22)17-5-4-11-24-17)20-10-12-23-15-8-6-14(2)7-9-15/h4-9,11,16,22H,3,10,12-13H2,1-2H3,(H2,19,20,21). The second-order valence-corrected chi connectivity index (χ2v) is 5.34. The van der Waals surface area contributed by atoms with E-state index in [4.69, 9.17) is 9.15 Å². The van der Waals surface area contributed by atoms with Crippen molar-refractivity contribution >= 4 is 5.96 Å². The molecule has 3 N–H and O–H groups in total. The van der Waals surface area contributed by atoms with Crippen LogP contribution in [0.25, 0.3) is 0 Å². The summed E-state index contributed by atoms with van der Waals surface area (Å²) in [5, 5.41) is 16.3. The Kier molecular flexibility index (Phi) is 7.17. The lowest BCUT2D eigenvalue weighted by atomic mass is 10.2. The number of benzene rings is 1. The third-order valence-electron chi connectivity index (χ3n) is 3.32. The summed E-state index contributed by atoms with van der Waals surface area (Å²) in [5.74, 6) is 1.99. The number of aliphatic hydroxyl groups excluding tert-OH is 1. The van der Waals surface area contributed by atoms with Crippen LogP contribution in [0.3, 0.4) is 0 Å². The van der Waals surface area contributed by atoms with E-state index in [9.17, 15) is 5.11 Å². The monoisotopic (exact) mass is 331 g/mol. The van der Waals surface area contributed by atoms with Gasteiger partial charge in [-0.05, 0) is 38.1 Å². The van der Waals surface area contributed by atoms with Crippen molar-refractivity contribution in [2.45, 2.75) is 20.0 Å². The van der Waals surface area contributed by atoms with Gasteiger partial charge < -0.3 is 24.9 Å². The first-order valence-corrected chi connectivity index (χ1v) is 8.12. The molecule has 0 saturated heterocycles. The molecule has 1 aromatic carbocycles. The van der Waals surface area contributed by atoms with E-state index in [1.54, 1.807) is 12.1 Å². The number of nitrogens with zero attached hydrogens (tertiary/aromatic N) is 1. The maximum absolute atomic E-state index is 9.99. The van der Waals surface area contributed by atoms with Crippen molar-refractivity contribution in [2.24, 2.45) is 4.99 Å². The topological polar surface area (TPSA) is 79.0 Å². The van der Waals surface area contributed by atoms with Crippen LogP contribution in [0, 0.1) is 6.92 Å². The number of hydrogen-bond acceptors (Lipinski definition) is 4. The fraction of sp³-hybridized carbons (Fsp3) is 0.389. The van der Waals surface area contributed by atoms with Gasteiger partial charge in [-0.1, -0.05) is 17.7 Å². The van der Waals surface area contributed by atoms with E-state index in [1.165, 1.54) is 11.8 Å². The highest BCUT2D eigenvalue weighted by atomic mass is 16.5. The molecule has 6 nitrogen and oxygen atoms in total. The van der Waals surface area contributed by atoms with E-state index >= 15 is 0 Å².